The summed E-state index contributed by atoms with van der Waals surface area (Å²) in [5.74, 6) is 0.373. The Labute approximate surface area is 79.2 Å². The molecular formula is C11H15NO. The van der Waals surface area contributed by atoms with Gasteiger partial charge in [0.25, 0.3) is 0 Å². The van der Waals surface area contributed by atoms with Crippen molar-refractivity contribution in [2.75, 3.05) is 0 Å². The highest BCUT2D eigenvalue weighted by Crippen LogP contribution is 2.30. The van der Waals surface area contributed by atoms with Gasteiger partial charge >= 0.3 is 0 Å². The van der Waals surface area contributed by atoms with Crippen molar-refractivity contribution in [2.45, 2.75) is 26.7 Å². The lowest BCUT2D eigenvalue weighted by molar-refractivity contribution is -0.122. The lowest BCUT2D eigenvalue weighted by Gasteiger charge is -2.26. The van der Waals surface area contributed by atoms with Gasteiger partial charge in [0.2, 0.25) is 0 Å². The first-order valence-corrected chi connectivity index (χ1v) is 4.73. The average molecular weight is 177 g/mol. The normalized spacial score (nSPS) is 29.3. The molecule has 0 N–H and O–H groups in total. The second-order valence-corrected chi connectivity index (χ2v) is 3.72. The van der Waals surface area contributed by atoms with Crippen LogP contribution in [0.15, 0.2) is 12.2 Å². The van der Waals surface area contributed by atoms with E-state index in [0.29, 0.717) is 0 Å². The van der Waals surface area contributed by atoms with Crippen LogP contribution < -0.4 is 0 Å². The standard InChI is InChI=1S/C11H15NO/c1-8(7-12)10-5-3-4-6-11(10)9(2)13/h3,5,8,10-11H,4,6H2,1-2H3. The number of carbonyl (C=O) groups is 1. The Balaban J connectivity index is 2.79. The zero-order chi connectivity index (χ0) is 9.84. The Morgan fingerprint density at radius 1 is 1.69 bits per heavy atom. The second kappa shape index (κ2) is 4.23. The minimum absolute atomic E-state index is 0.0505. The van der Waals surface area contributed by atoms with Gasteiger partial charge in [0.05, 0.1) is 12.0 Å². The van der Waals surface area contributed by atoms with Crippen LogP contribution in [0.25, 0.3) is 0 Å². The Hall–Kier alpha value is -1.10. The molecule has 0 radical (unpaired) electrons. The number of allylic oxidation sites excluding steroid dienone is 2. The fourth-order valence-electron chi connectivity index (χ4n) is 1.93. The Bertz CT molecular complexity index is 262. The van der Waals surface area contributed by atoms with Crippen molar-refractivity contribution >= 4 is 5.78 Å². The Morgan fingerprint density at radius 2 is 2.38 bits per heavy atom. The first kappa shape index (κ1) is 9.98. The van der Waals surface area contributed by atoms with Crippen molar-refractivity contribution in [3.8, 4) is 6.07 Å². The van der Waals surface area contributed by atoms with Gasteiger partial charge in [0.1, 0.15) is 5.78 Å². The lowest BCUT2D eigenvalue weighted by Crippen LogP contribution is -2.27. The monoisotopic (exact) mass is 177 g/mol. The first-order chi connectivity index (χ1) is 6.16. The molecule has 1 rings (SSSR count). The van der Waals surface area contributed by atoms with E-state index < -0.39 is 0 Å². The summed E-state index contributed by atoms with van der Waals surface area (Å²) >= 11 is 0. The summed E-state index contributed by atoms with van der Waals surface area (Å²) in [6, 6.07) is 2.22. The molecule has 0 bridgehead atoms. The van der Waals surface area contributed by atoms with Crippen LogP contribution in [-0.2, 0) is 4.79 Å². The van der Waals surface area contributed by atoms with Crippen LogP contribution in [0.5, 0.6) is 0 Å². The van der Waals surface area contributed by atoms with E-state index >= 15 is 0 Å². The van der Waals surface area contributed by atoms with Gasteiger partial charge in [-0.3, -0.25) is 4.79 Å². The molecule has 0 aromatic heterocycles. The molecule has 1 aliphatic carbocycles. The summed E-state index contributed by atoms with van der Waals surface area (Å²) in [7, 11) is 0. The predicted octanol–water partition coefficient (Wildman–Crippen LogP) is 2.32. The molecule has 0 aromatic carbocycles. The minimum Gasteiger partial charge on any atom is -0.300 e. The highest BCUT2D eigenvalue weighted by Gasteiger charge is 2.29. The van der Waals surface area contributed by atoms with Gasteiger partial charge in [-0.25, -0.2) is 0 Å². The van der Waals surface area contributed by atoms with Gasteiger partial charge in [-0.05, 0) is 26.7 Å². The molecule has 2 heteroatoms. The number of carbonyl (C=O) groups excluding carboxylic acids is 1. The number of Topliss-reactive ketones (excluding diaryl/α,β-unsaturated/α-hetero) is 1. The fraction of sp³-hybridized carbons (Fsp3) is 0.636. The Morgan fingerprint density at radius 3 is 2.92 bits per heavy atom. The van der Waals surface area contributed by atoms with E-state index in [9.17, 15) is 4.79 Å². The number of nitriles is 1. The summed E-state index contributed by atoms with van der Waals surface area (Å²) in [5.41, 5.74) is 0. The van der Waals surface area contributed by atoms with Crippen LogP contribution in [0.4, 0.5) is 0 Å². The summed E-state index contributed by atoms with van der Waals surface area (Å²) in [4.78, 5) is 11.3. The number of hydrogen-bond donors (Lipinski definition) is 0. The smallest absolute Gasteiger partial charge is 0.133 e. The largest absolute Gasteiger partial charge is 0.300 e. The number of ketones is 1. The third kappa shape index (κ3) is 2.18. The van der Waals surface area contributed by atoms with E-state index in [2.05, 4.69) is 12.1 Å². The highest BCUT2D eigenvalue weighted by molar-refractivity contribution is 5.79. The summed E-state index contributed by atoms with van der Waals surface area (Å²) < 4.78 is 0. The van der Waals surface area contributed by atoms with Crippen LogP contribution in [0.1, 0.15) is 26.7 Å². The van der Waals surface area contributed by atoms with E-state index in [1.165, 1.54) is 0 Å². The maximum absolute atomic E-state index is 11.3. The molecular weight excluding hydrogens is 162 g/mol. The SMILES string of the molecule is CC(=O)C1CCC=CC1C(C)C#N. The molecule has 13 heavy (non-hydrogen) atoms. The summed E-state index contributed by atoms with van der Waals surface area (Å²) in [5, 5.41) is 8.79. The van der Waals surface area contributed by atoms with Gasteiger partial charge in [-0.1, -0.05) is 12.2 Å². The lowest BCUT2D eigenvalue weighted by atomic mass is 9.75. The van der Waals surface area contributed by atoms with Crippen molar-refractivity contribution in [3.63, 3.8) is 0 Å². The van der Waals surface area contributed by atoms with Crippen molar-refractivity contribution in [1.29, 1.82) is 5.26 Å². The highest BCUT2D eigenvalue weighted by atomic mass is 16.1. The molecule has 2 nitrogen and oxygen atoms in total. The van der Waals surface area contributed by atoms with Gasteiger partial charge in [0, 0.05) is 11.8 Å². The van der Waals surface area contributed by atoms with E-state index in [1.807, 2.05) is 13.0 Å². The summed E-state index contributed by atoms with van der Waals surface area (Å²) in [6.45, 7) is 3.51. The molecule has 0 aromatic rings. The van der Waals surface area contributed by atoms with Gasteiger partial charge < -0.3 is 0 Å². The molecule has 0 spiro atoms. The maximum atomic E-state index is 11.3. The van der Waals surface area contributed by atoms with E-state index in [-0.39, 0.29) is 23.5 Å². The van der Waals surface area contributed by atoms with Crippen LogP contribution >= 0.6 is 0 Å². The van der Waals surface area contributed by atoms with Crippen molar-refractivity contribution in [3.05, 3.63) is 12.2 Å². The zero-order valence-corrected chi connectivity index (χ0v) is 8.16. The van der Waals surface area contributed by atoms with Crippen molar-refractivity contribution in [1.82, 2.24) is 0 Å². The van der Waals surface area contributed by atoms with Gasteiger partial charge in [0.15, 0.2) is 0 Å². The third-order valence-corrected chi connectivity index (χ3v) is 2.77. The predicted molar refractivity (Wildman–Crippen MR) is 50.8 cm³/mol. The topological polar surface area (TPSA) is 40.9 Å². The average Bonchev–Trinajstić information content (AvgIpc) is 2.16. The van der Waals surface area contributed by atoms with Gasteiger partial charge in [-0.2, -0.15) is 5.26 Å². The maximum Gasteiger partial charge on any atom is 0.133 e. The van der Waals surface area contributed by atoms with Crippen molar-refractivity contribution in [2.24, 2.45) is 17.8 Å². The molecule has 70 valence electrons. The third-order valence-electron chi connectivity index (χ3n) is 2.77. The van der Waals surface area contributed by atoms with Gasteiger partial charge in [-0.15, -0.1) is 0 Å². The van der Waals surface area contributed by atoms with Crippen LogP contribution in [0.2, 0.25) is 0 Å². The second-order valence-electron chi connectivity index (χ2n) is 3.72. The molecule has 0 saturated heterocycles. The zero-order valence-electron chi connectivity index (χ0n) is 8.16. The van der Waals surface area contributed by atoms with Crippen LogP contribution in [-0.4, -0.2) is 5.78 Å². The molecule has 1 aliphatic rings. The summed E-state index contributed by atoms with van der Waals surface area (Å²) in [6.07, 6.45) is 5.99. The molecule has 3 atom stereocenters. The molecule has 0 saturated carbocycles. The molecule has 0 amide bonds. The first-order valence-electron chi connectivity index (χ1n) is 4.73. The Kier molecular flexibility index (Phi) is 3.25. The molecule has 0 aliphatic heterocycles. The van der Waals surface area contributed by atoms with Crippen LogP contribution in [0, 0.1) is 29.1 Å². The van der Waals surface area contributed by atoms with Crippen molar-refractivity contribution < 1.29 is 4.79 Å². The quantitative estimate of drug-likeness (QED) is 0.607. The molecule has 0 fully saturated rings. The van der Waals surface area contributed by atoms with Crippen LogP contribution in [0.3, 0.4) is 0 Å². The van der Waals surface area contributed by atoms with E-state index in [1.54, 1.807) is 6.92 Å². The molecule has 0 heterocycles. The molecule has 3 unspecified atom stereocenters. The number of nitrogens with zero attached hydrogens (tertiary/aromatic N) is 1. The number of hydrogen-bond acceptors (Lipinski definition) is 2. The minimum atomic E-state index is -0.0505. The fourth-order valence-corrected chi connectivity index (χ4v) is 1.93. The van der Waals surface area contributed by atoms with E-state index in [4.69, 9.17) is 5.26 Å². The number of rotatable bonds is 2. The van der Waals surface area contributed by atoms with E-state index in [0.717, 1.165) is 12.8 Å².